The Morgan fingerprint density at radius 2 is 1.59 bits per heavy atom. The molecule has 37 heavy (non-hydrogen) atoms. The lowest BCUT2D eigenvalue weighted by Crippen LogP contribution is -2.67. The van der Waals surface area contributed by atoms with Crippen molar-refractivity contribution in [3.8, 4) is 11.5 Å². The zero-order valence-corrected chi connectivity index (χ0v) is 20.9. The molecule has 2 fully saturated rings. The lowest BCUT2D eigenvalue weighted by Gasteiger charge is -2.59. The molecule has 6 rings (SSSR count). The first-order valence-corrected chi connectivity index (χ1v) is 12.9. The van der Waals surface area contributed by atoms with Crippen LogP contribution in [0.2, 0.25) is 5.02 Å². The fraction of sp³-hybridized carbons (Fsp3) is 0.310. The molecule has 2 amide bonds. The number of fused-ring (bicyclic) bond motifs is 1. The van der Waals surface area contributed by atoms with Crippen LogP contribution in [-0.4, -0.2) is 43.0 Å². The van der Waals surface area contributed by atoms with Gasteiger partial charge in [-0.3, -0.25) is 9.59 Å². The molecule has 3 aliphatic heterocycles. The van der Waals surface area contributed by atoms with Crippen LogP contribution in [0.4, 0.5) is 10.1 Å². The van der Waals surface area contributed by atoms with Crippen LogP contribution in [0.3, 0.4) is 0 Å². The summed E-state index contributed by atoms with van der Waals surface area (Å²) in [7, 11) is 0. The lowest BCUT2D eigenvalue weighted by atomic mass is 9.62. The normalized spacial score (nSPS) is 20.4. The van der Waals surface area contributed by atoms with Gasteiger partial charge in [0.25, 0.3) is 5.91 Å². The Morgan fingerprint density at radius 1 is 0.919 bits per heavy atom. The molecule has 3 aromatic carbocycles. The summed E-state index contributed by atoms with van der Waals surface area (Å²) in [5.41, 5.74) is 1.53. The molecule has 1 spiro atoms. The highest BCUT2D eigenvalue weighted by atomic mass is 35.5. The summed E-state index contributed by atoms with van der Waals surface area (Å²) >= 11 is 6.14. The first-order valence-electron chi connectivity index (χ1n) is 12.5. The van der Waals surface area contributed by atoms with Crippen LogP contribution in [-0.2, 0) is 4.79 Å². The minimum atomic E-state index is -0.635. The number of carbonyl (C=O) groups is 2. The van der Waals surface area contributed by atoms with Crippen LogP contribution in [0.5, 0.6) is 11.5 Å². The number of nitrogens with zero attached hydrogens (tertiary/aromatic N) is 2. The summed E-state index contributed by atoms with van der Waals surface area (Å²) in [5, 5.41) is 0.618. The Kier molecular flexibility index (Phi) is 6.03. The second-order valence-corrected chi connectivity index (χ2v) is 10.2. The molecule has 0 bridgehead atoms. The fourth-order valence-corrected chi connectivity index (χ4v) is 5.84. The minimum absolute atomic E-state index is 0.00161. The number of ether oxygens (including phenoxy) is 2. The van der Waals surface area contributed by atoms with Crippen molar-refractivity contribution in [2.24, 2.45) is 5.41 Å². The maximum atomic E-state index is 13.7. The maximum Gasteiger partial charge on any atom is 0.253 e. The van der Waals surface area contributed by atoms with E-state index in [0.717, 1.165) is 12.0 Å². The van der Waals surface area contributed by atoms with Gasteiger partial charge in [-0.05, 0) is 73.0 Å². The molecular formula is C29H26ClFN2O4. The highest BCUT2D eigenvalue weighted by molar-refractivity contribution is 6.30. The molecule has 0 saturated carbocycles. The molecule has 2 saturated heterocycles. The first-order chi connectivity index (χ1) is 18.0. The topological polar surface area (TPSA) is 59.1 Å². The molecule has 0 N–H and O–H groups in total. The van der Waals surface area contributed by atoms with Gasteiger partial charge in [0.1, 0.15) is 5.82 Å². The summed E-state index contributed by atoms with van der Waals surface area (Å²) in [4.78, 5) is 30.6. The summed E-state index contributed by atoms with van der Waals surface area (Å²) in [5.74, 6) is 0.802. The second-order valence-electron chi connectivity index (χ2n) is 9.77. The monoisotopic (exact) mass is 520 g/mol. The van der Waals surface area contributed by atoms with E-state index in [1.54, 1.807) is 40.1 Å². The number of hydrogen-bond acceptors (Lipinski definition) is 4. The number of β-lactam (4-membered cyclic amide) rings is 1. The van der Waals surface area contributed by atoms with Crippen LogP contribution in [0.1, 0.15) is 41.2 Å². The van der Waals surface area contributed by atoms with Crippen molar-refractivity contribution < 1.29 is 23.5 Å². The van der Waals surface area contributed by atoms with Gasteiger partial charge in [-0.25, -0.2) is 4.39 Å². The molecule has 6 nitrogen and oxygen atoms in total. The third-order valence-corrected chi connectivity index (χ3v) is 7.91. The quantitative estimate of drug-likeness (QED) is 0.419. The summed E-state index contributed by atoms with van der Waals surface area (Å²) in [6.45, 7) is 2.06. The van der Waals surface area contributed by atoms with Gasteiger partial charge >= 0.3 is 0 Å². The Balaban J connectivity index is 1.24. The van der Waals surface area contributed by atoms with Crippen molar-refractivity contribution in [3.05, 3.63) is 88.7 Å². The highest BCUT2D eigenvalue weighted by Gasteiger charge is 2.62. The molecule has 3 aliphatic rings. The smallest absolute Gasteiger partial charge is 0.253 e. The maximum absolute atomic E-state index is 13.7. The van der Waals surface area contributed by atoms with Gasteiger partial charge < -0.3 is 19.3 Å². The van der Waals surface area contributed by atoms with Gasteiger partial charge in [-0.1, -0.05) is 23.7 Å². The molecule has 0 radical (unpaired) electrons. The molecule has 1 unspecified atom stereocenters. The average Bonchev–Trinajstić information content (AvgIpc) is 3.17. The number of amides is 2. The van der Waals surface area contributed by atoms with E-state index in [0.29, 0.717) is 66.9 Å². The van der Waals surface area contributed by atoms with Gasteiger partial charge in [-0.15, -0.1) is 0 Å². The third kappa shape index (κ3) is 4.11. The van der Waals surface area contributed by atoms with Crippen LogP contribution in [0.15, 0.2) is 66.7 Å². The van der Waals surface area contributed by atoms with Crippen LogP contribution in [0.25, 0.3) is 0 Å². The largest absolute Gasteiger partial charge is 0.490 e. The van der Waals surface area contributed by atoms with Crippen molar-refractivity contribution in [2.75, 3.05) is 31.2 Å². The van der Waals surface area contributed by atoms with Gasteiger partial charge in [0.05, 0.1) is 24.7 Å². The van der Waals surface area contributed by atoms with Crippen LogP contribution < -0.4 is 14.4 Å². The average molecular weight is 521 g/mol. The van der Waals surface area contributed by atoms with Gasteiger partial charge in [0.15, 0.2) is 11.5 Å². The SMILES string of the molecule is O=C(c1ccc2c(c1)OCCCO2)N1CCC2(CC1)C(=O)N(c1ccc(F)cc1)C2c1ccc(Cl)cc1. The van der Waals surface area contributed by atoms with Crippen LogP contribution >= 0.6 is 11.6 Å². The number of piperidine rings is 1. The number of anilines is 1. The summed E-state index contributed by atoms with van der Waals surface area (Å²) in [6.07, 6.45) is 1.87. The molecule has 0 aromatic heterocycles. The predicted octanol–water partition coefficient (Wildman–Crippen LogP) is 5.65. The van der Waals surface area contributed by atoms with E-state index in [4.69, 9.17) is 21.1 Å². The molecular weight excluding hydrogens is 495 g/mol. The molecule has 0 aliphatic carbocycles. The Hall–Kier alpha value is -3.58. The van der Waals surface area contributed by atoms with Crippen molar-refractivity contribution in [1.82, 2.24) is 4.90 Å². The van der Waals surface area contributed by atoms with Gasteiger partial charge in [0.2, 0.25) is 5.91 Å². The Bertz CT molecular complexity index is 1340. The lowest BCUT2D eigenvalue weighted by molar-refractivity contribution is -0.144. The minimum Gasteiger partial charge on any atom is -0.490 e. The Morgan fingerprint density at radius 3 is 2.30 bits per heavy atom. The molecule has 190 valence electrons. The van der Waals surface area contributed by atoms with Crippen LogP contribution in [0, 0.1) is 11.2 Å². The van der Waals surface area contributed by atoms with E-state index >= 15 is 0 Å². The first kappa shape index (κ1) is 23.8. The number of benzene rings is 3. The molecule has 8 heteroatoms. The molecule has 3 aromatic rings. The van der Waals surface area contributed by atoms with Crippen molar-refractivity contribution >= 4 is 29.1 Å². The number of halogens is 2. The number of carbonyl (C=O) groups excluding carboxylic acids is 2. The van der Waals surface area contributed by atoms with E-state index in [-0.39, 0.29) is 23.7 Å². The zero-order chi connectivity index (χ0) is 25.6. The standard InChI is InChI=1S/C29H26ClFN2O4/c30-21-5-2-19(3-6-21)26-29(28(35)33(26)23-9-7-22(31)8-10-23)12-14-32(15-13-29)27(34)20-4-11-24-25(18-20)37-17-1-16-36-24/h2-11,18,26H,1,12-17H2. The summed E-state index contributed by atoms with van der Waals surface area (Å²) < 4.78 is 25.0. The third-order valence-electron chi connectivity index (χ3n) is 7.65. The summed E-state index contributed by atoms with van der Waals surface area (Å²) in [6, 6.07) is 18.6. The van der Waals surface area contributed by atoms with Crippen molar-refractivity contribution in [2.45, 2.75) is 25.3 Å². The molecule has 1 atom stereocenters. The predicted molar refractivity (Wildman–Crippen MR) is 138 cm³/mol. The number of hydrogen-bond donors (Lipinski definition) is 0. The van der Waals surface area contributed by atoms with Gasteiger partial charge in [0, 0.05) is 35.8 Å². The molecule has 3 heterocycles. The van der Waals surface area contributed by atoms with Crippen molar-refractivity contribution in [3.63, 3.8) is 0 Å². The van der Waals surface area contributed by atoms with E-state index < -0.39 is 5.41 Å². The van der Waals surface area contributed by atoms with E-state index in [9.17, 15) is 14.0 Å². The number of likely N-dealkylation sites (tertiary alicyclic amines) is 1. The number of rotatable bonds is 3. The zero-order valence-electron chi connectivity index (χ0n) is 20.2. The van der Waals surface area contributed by atoms with E-state index in [1.807, 2.05) is 24.3 Å². The van der Waals surface area contributed by atoms with E-state index in [1.165, 1.54) is 12.1 Å². The fourth-order valence-electron chi connectivity index (χ4n) is 5.71. The Labute approximate surface area is 219 Å². The second kappa shape index (κ2) is 9.38. The highest BCUT2D eigenvalue weighted by Crippen LogP contribution is 2.57. The van der Waals surface area contributed by atoms with Gasteiger partial charge in [-0.2, -0.15) is 0 Å². The van der Waals surface area contributed by atoms with Crippen molar-refractivity contribution in [1.29, 1.82) is 0 Å². The van der Waals surface area contributed by atoms with E-state index in [2.05, 4.69) is 0 Å².